The van der Waals surface area contributed by atoms with Crippen LogP contribution in [0.3, 0.4) is 0 Å². The first-order valence-corrected chi connectivity index (χ1v) is 9.53. The van der Waals surface area contributed by atoms with Crippen molar-refractivity contribution in [3.8, 4) is 5.75 Å². The Morgan fingerprint density at radius 2 is 1.76 bits per heavy atom. The molecule has 0 bridgehead atoms. The molecule has 29 heavy (non-hydrogen) atoms. The summed E-state index contributed by atoms with van der Waals surface area (Å²) >= 11 is 6.03. The molecular weight excluding hydrogens is 503 g/mol. The largest absolute Gasteiger partial charge is 0.496 e. The van der Waals surface area contributed by atoms with Crippen molar-refractivity contribution in [1.82, 2.24) is 16.0 Å². The number of benzene rings is 2. The van der Waals surface area contributed by atoms with E-state index in [4.69, 9.17) is 16.3 Å². The molecule has 0 saturated heterocycles. The summed E-state index contributed by atoms with van der Waals surface area (Å²) in [6, 6.07) is 13.2. The summed E-state index contributed by atoms with van der Waals surface area (Å²) in [5.74, 6) is 1.39. The number of ether oxygens (including phenoxy) is 1. The van der Waals surface area contributed by atoms with Crippen molar-refractivity contribution < 1.29 is 9.53 Å². The maximum atomic E-state index is 12.1. The maximum Gasteiger partial charge on any atom is 0.252 e. The molecule has 0 fully saturated rings. The Kier molecular flexibility index (Phi) is 11.5. The molecule has 1 amide bonds. The Morgan fingerprint density at radius 3 is 2.45 bits per heavy atom. The third-order valence-corrected chi connectivity index (χ3v) is 4.55. The number of aliphatic imine (C=N–C) groups is 1. The van der Waals surface area contributed by atoms with Crippen molar-refractivity contribution in [2.75, 3.05) is 33.8 Å². The predicted octanol–water partition coefficient (Wildman–Crippen LogP) is 3.41. The van der Waals surface area contributed by atoms with E-state index in [1.807, 2.05) is 6.92 Å². The highest BCUT2D eigenvalue weighted by Crippen LogP contribution is 2.19. The fourth-order valence-electron chi connectivity index (χ4n) is 2.66. The van der Waals surface area contributed by atoms with Gasteiger partial charge in [0, 0.05) is 26.7 Å². The molecule has 0 heterocycles. The molecule has 0 aliphatic heterocycles. The molecule has 158 valence electrons. The molecule has 0 atom stereocenters. The molecule has 2 aromatic carbocycles. The summed E-state index contributed by atoms with van der Waals surface area (Å²) in [6.07, 6.45) is 0.848. The highest BCUT2D eigenvalue weighted by molar-refractivity contribution is 14.0. The van der Waals surface area contributed by atoms with Crippen molar-refractivity contribution in [2.24, 2.45) is 4.99 Å². The number of hydrogen-bond donors (Lipinski definition) is 3. The third-order valence-electron chi connectivity index (χ3n) is 4.22. The number of aryl methyl sites for hydroxylation is 1. The number of carbonyl (C=O) groups excluding carboxylic acids is 1. The van der Waals surface area contributed by atoms with Gasteiger partial charge >= 0.3 is 0 Å². The zero-order chi connectivity index (χ0) is 20.4. The van der Waals surface area contributed by atoms with Gasteiger partial charge in [-0.1, -0.05) is 35.9 Å². The minimum atomic E-state index is -0.191. The number of carbonyl (C=O) groups is 1. The first-order valence-electron chi connectivity index (χ1n) is 9.16. The third kappa shape index (κ3) is 8.10. The lowest BCUT2D eigenvalue weighted by Gasteiger charge is -2.13. The van der Waals surface area contributed by atoms with Crippen molar-refractivity contribution in [1.29, 1.82) is 0 Å². The van der Waals surface area contributed by atoms with Crippen LogP contribution in [0.2, 0.25) is 5.02 Å². The van der Waals surface area contributed by atoms with Crippen LogP contribution in [0.5, 0.6) is 5.75 Å². The summed E-state index contributed by atoms with van der Waals surface area (Å²) in [5, 5.41) is 9.72. The van der Waals surface area contributed by atoms with Crippen molar-refractivity contribution in [3.05, 3.63) is 64.2 Å². The Labute approximate surface area is 194 Å². The first-order chi connectivity index (χ1) is 13.5. The lowest BCUT2D eigenvalue weighted by Crippen LogP contribution is -2.42. The molecule has 0 aliphatic carbocycles. The van der Waals surface area contributed by atoms with Gasteiger partial charge in [-0.05, 0) is 42.7 Å². The quantitative estimate of drug-likeness (QED) is 0.212. The number of methoxy groups -OCH3 is 1. The van der Waals surface area contributed by atoms with E-state index < -0.39 is 0 Å². The van der Waals surface area contributed by atoms with Gasteiger partial charge in [0.1, 0.15) is 5.75 Å². The molecule has 0 aromatic heterocycles. The lowest BCUT2D eigenvalue weighted by atomic mass is 10.1. The van der Waals surface area contributed by atoms with E-state index in [9.17, 15) is 4.79 Å². The number of amides is 1. The van der Waals surface area contributed by atoms with Gasteiger partial charge in [0.2, 0.25) is 0 Å². The summed E-state index contributed by atoms with van der Waals surface area (Å²) in [7, 11) is 3.40. The molecule has 8 heteroatoms. The molecule has 0 aliphatic rings. The van der Waals surface area contributed by atoms with Crippen molar-refractivity contribution in [2.45, 2.75) is 13.3 Å². The van der Waals surface area contributed by atoms with Gasteiger partial charge < -0.3 is 20.7 Å². The maximum absolute atomic E-state index is 12.1. The molecule has 0 radical (unpaired) electrons. The normalized spacial score (nSPS) is 10.7. The molecule has 0 spiro atoms. The minimum Gasteiger partial charge on any atom is -0.496 e. The summed E-state index contributed by atoms with van der Waals surface area (Å²) in [4.78, 5) is 16.3. The highest BCUT2D eigenvalue weighted by atomic mass is 127. The Balaban J connectivity index is 0.00000420. The van der Waals surface area contributed by atoms with Crippen LogP contribution >= 0.6 is 35.6 Å². The van der Waals surface area contributed by atoms with Crippen LogP contribution in [-0.4, -0.2) is 45.7 Å². The second kappa shape index (κ2) is 13.3. The van der Waals surface area contributed by atoms with Gasteiger partial charge in [0.05, 0.1) is 17.7 Å². The van der Waals surface area contributed by atoms with Crippen LogP contribution < -0.4 is 20.7 Å². The molecule has 0 saturated carbocycles. The van der Waals surface area contributed by atoms with Crippen LogP contribution in [0.15, 0.2) is 47.5 Å². The number of guanidine groups is 1. The predicted molar refractivity (Wildman–Crippen MR) is 130 cm³/mol. The first kappa shape index (κ1) is 25.0. The summed E-state index contributed by atoms with van der Waals surface area (Å²) < 4.78 is 5.36. The highest BCUT2D eigenvalue weighted by Gasteiger charge is 2.08. The zero-order valence-corrected chi connectivity index (χ0v) is 20.0. The molecule has 0 unspecified atom stereocenters. The summed E-state index contributed by atoms with van der Waals surface area (Å²) in [5.41, 5.74) is 2.79. The van der Waals surface area contributed by atoms with Crippen LogP contribution in [-0.2, 0) is 6.42 Å². The molecule has 6 nitrogen and oxygen atoms in total. The van der Waals surface area contributed by atoms with E-state index in [0.717, 1.165) is 24.3 Å². The fourth-order valence-corrected chi connectivity index (χ4v) is 2.88. The van der Waals surface area contributed by atoms with Gasteiger partial charge in [0.25, 0.3) is 5.91 Å². The number of nitrogens with one attached hydrogen (secondary N) is 3. The average Bonchev–Trinajstić information content (AvgIpc) is 2.71. The van der Waals surface area contributed by atoms with Gasteiger partial charge in [-0.25, -0.2) is 0 Å². The number of rotatable bonds is 8. The second-order valence-electron chi connectivity index (χ2n) is 6.22. The van der Waals surface area contributed by atoms with Crippen molar-refractivity contribution >= 4 is 47.4 Å². The van der Waals surface area contributed by atoms with E-state index in [-0.39, 0.29) is 29.9 Å². The monoisotopic (exact) mass is 530 g/mol. The van der Waals surface area contributed by atoms with Gasteiger partial charge in [-0.15, -0.1) is 24.0 Å². The zero-order valence-electron chi connectivity index (χ0n) is 16.9. The standard InChI is InChI=1S/C21H27ClN4O2.HI/c1-15-8-9-16(14-19(15)28-3)10-11-25-21(23-2)26-13-12-24-20(27)17-6-4-5-7-18(17)22;/h4-9,14H,10-13H2,1-3H3,(H,24,27)(H2,23,25,26);1H. The molecular formula is C21H28ClIN4O2. The van der Waals surface area contributed by atoms with E-state index in [2.05, 4.69) is 39.1 Å². The van der Waals surface area contributed by atoms with Gasteiger partial charge in [0.15, 0.2) is 5.96 Å². The van der Waals surface area contributed by atoms with Crippen LogP contribution in [0.25, 0.3) is 0 Å². The Bertz CT molecular complexity index is 830. The van der Waals surface area contributed by atoms with E-state index in [0.29, 0.717) is 29.6 Å². The molecule has 2 aromatic rings. The van der Waals surface area contributed by atoms with E-state index in [1.165, 1.54) is 5.56 Å². The van der Waals surface area contributed by atoms with E-state index >= 15 is 0 Å². The van der Waals surface area contributed by atoms with Gasteiger partial charge in [-0.2, -0.15) is 0 Å². The summed E-state index contributed by atoms with van der Waals surface area (Å²) in [6.45, 7) is 3.77. The molecule has 2 rings (SSSR count). The smallest absolute Gasteiger partial charge is 0.252 e. The topological polar surface area (TPSA) is 74.8 Å². The number of halogens is 2. The second-order valence-corrected chi connectivity index (χ2v) is 6.62. The SMILES string of the molecule is CN=C(NCCNC(=O)c1ccccc1Cl)NCCc1ccc(C)c(OC)c1.I. The van der Waals surface area contributed by atoms with E-state index in [1.54, 1.807) is 38.4 Å². The Hall–Kier alpha value is -2.00. The van der Waals surface area contributed by atoms with Gasteiger partial charge in [-0.3, -0.25) is 9.79 Å². The fraction of sp³-hybridized carbons (Fsp3) is 0.333. The van der Waals surface area contributed by atoms with Crippen LogP contribution in [0.4, 0.5) is 0 Å². The minimum absolute atomic E-state index is 0. The Morgan fingerprint density at radius 1 is 1.07 bits per heavy atom. The lowest BCUT2D eigenvalue weighted by molar-refractivity contribution is 0.0954. The molecule has 3 N–H and O–H groups in total. The number of hydrogen-bond acceptors (Lipinski definition) is 3. The van der Waals surface area contributed by atoms with Crippen LogP contribution in [0, 0.1) is 6.92 Å². The van der Waals surface area contributed by atoms with Crippen LogP contribution in [0.1, 0.15) is 21.5 Å². The van der Waals surface area contributed by atoms with Crippen molar-refractivity contribution in [3.63, 3.8) is 0 Å². The average molecular weight is 531 g/mol. The number of nitrogens with zero attached hydrogens (tertiary/aromatic N) is 1.